The zero-order chi connectivity index (χ0) is 10.3. The van der Waals surface area contributed by atoms with E-state index in [1.54, 1.807) is 0 Å². The van der Waals surface area contributed by atoms with Crippen LogP contribution in [0.3, 0.4) is 0 Å². The lowest BCUT2D eigenvalue weighted by molar-refractivity contribution is 0.501. The molecule has 1 aromatic carbocycles. The lowest BCUT2D eigenvalue weighted by Crippen LogP contribution is -2.06. The Morgan fingerprint density at radius 2 is 1.73 bits per heavy atom. The maximum Gasteiger partial charge on any atom is 0.0506 e. The Morgan fingerprint density at radius 1 is 1.00 bits per heavy atom. The molecule has 0 spiro atoms. The number of rotatable bonds is 4. The highest BCUT2D eigenvalue weighted by molar-refractivity contribution is 7.51. The summed E-state index contributed by atoms with van der Waals surface area (Å²) >= 11 is 0. The Morgan fingerprint density at radius 3 is 2.47 bits per heavy atom. The van der Waals surface area contributed by atoms with Gasteiger partial charge in [-0.05, 0) is 18.1 Å². The van der Waals surface area contributed by atoms with Crippen LogP contribution >= 0.6 is 17.6 Å². The van der Waals surface area contributed by atoms with Crippen molar-refractivity contribution in [2.24, 2.45) is 0 Å². The lowest BCUT2D eigenvalue weighted by Gasteiger charge is -2.20. The fraction of sp³-hybridized carbons (Fsp3) is 0.500. The molecule has 0 bridgehead atoms. The van der Waals surface area contributed by atoms with Gasteiger partial charge < -0.3 is 4.31 Å². The predicted molar refractivity (Wildman–Crippen MR) is 70.7 cm³/mol. The van der Waals surface area contributed by atoms with E-state index in [-0.39, 0.29) is 0 Å². The molecular formula is C12H18OP2. The van der Waals surface area contributed by atoms with Crippen molar-refractivity contribution in [1.29, 1.82) is 0 Å². The summed E-state index contributed by atoms with van der Waals surface area (Å²) < 4.78 is 5.81. The fourth-order valence-electron chi connectivity index (χ4n) is 1.90. The second-order valence-electron chi connectivity index (χ2n) is 4.02. The van der Waals surface area contributed by atoms with Crippen molar-refractivity contribution in [3.05, 3.63) is 30.3 Å². The van der Waals surface area contributed by atoms with Gasteiger partial charge in [0.1, 0.15) is 0 Å². The van der Waals surface area contributed by atoms with Gasteiger partial charge >= 0.3 is 0 Å². The van der Waals surface area contributed by atoms with Crippen LogP contribution in [0.15, 0.2) is 30.3 Å². The molecule has 0 aromatic heterocycles. The third-order valence-corrected chi connectivity index (χ3v) is 5.13. The van der Waals surface area contributed by atoms with Crippen molar-refractivity contribution in [2.75, 3.05) is 0 Å². The first kappa shape index (κ1) is 11.5. The summed E-state index contributed by atoms with van der Waals surface area (Å²) in [4.78, 5) is 0. The fourth-order valence-corrected chi connectivity index (χ4v) is 4.24. The van der Waals surface area contributed by atoms with Gasteiger partial charge in [0.05, 0.1) is 8.81 Å². The third kappa shape index (κ3) is 4.19. The first-order chi connectivity index (χ1) is 7.45. The molecule has 0 N–H and O–H groups in total. The highest BCUT2D eigenvalue weighted by Crippen LogP contribution is 2.37. The maximum atomic E-state index is 5.81. The molecule has 3 heteroatoms. The summed E-state index contributed by atoms with van der Waals surface area (Å²) in [6.07, 6.45) is 7.03. The summed E-state index contributed by atoms with van der Waals surface area (Å²) in [5.74, 6) is 0. The first-order valence-corrected chi connectivity index (χ1v) is 7.57. The van der Waals surface area contributed by atoms with Gasteiger partial charge in [0.15, 0.2) is 0 Å². The summed E-state index contributed by atoms with van der Waals surface area (Å²) in [5, 5.41) is 1.32. The van der Waals surface area contributed by atoms with Gasteiger partial charge in [0.25, 0.3) is 0 Å². The smallest absolute Gasteiger partial charge is 0.0506 e. The quantitative estimate of drug-likeness (QED) is 0.726. The van der Waals surface area contributed by atoms with Gasteiger partial charge in [-0.2, -0.15) is 0 Å². The zero-order valence-electron chi connectivity index (χ0n) is 8.91. The maximum absolute atomic E-state index is 5.81. The van der Waals surface area contributed by atoms with Crippen LogP contribution in [0.25, 0.3) is 0 Å². The largest absolute Gasteiger partial charge is 0.339 e. The Kier molecular flexibility index (Phi) is 5.06. The molecule has 82 valence electrons. The predicted octanol–water partition coefficient (Wildman–Crippen LogP) is 3.85. The van der Waals surface area contributed by atoms with Crippen LogP contribution in [0.4, 0.5) is 0 Å². The number of hydrogen-bond acceptors (Lipinski definition) is 1. The van der Waals surface area contributed by atoms with Crippen LogP contribution in [0, 0.1) is 0 Å². The van der Waals surface area contributed by atoms with E-state index in [1.165, 1.54) is 37.4 Å². The Bertz CT molecular complexity index is 270. The van der Waals surface area contributed by atoms with Crippen LogP contribution in [-0.4, -0.2) is 5.66 Å². The molecule has 0 saturated heterocycles. The Balaban J connectivity index is 1.66. The highest BCUT2D eigenvalue weighted by Gasteiger charge is 2.13. The van der Waals surface area contributed by atoms with Crippen LogP contribution in [-0.2, 0) is 4.31 Å². The number of benzene rings is 1. The molecule has 0 amide bonds. The minimum absolute atomic E-state index is 0.541. The summed E-state index contributed by atoms with van der Waals surface area (Å²) in [6.45, 7) is 0. The van der Waals surface area contributed by atoms with E-state index in [1.807, 2.05) is 0 Å². The minimum atomic E-state index is 0.541. The van der Waals surface area contributed by atoms with Crippen LogP contribution in [0.2, 0.25) is 0 Å². The third-order valence-electron chi connectivity index (χ3n) is 2.77. The second-order valence-corrected chi connectivity index (χ2v) is 6.67. The van der Waals surface area contributed by atoms with E-state index in [2.05, 4.69) is 30.3 Å². The summed E-state index contributed by atoms with van der Waals surface area (Å²) in [5.41, 5.74) is 0.856. The second kappa shape index (κ2) is 6.59. The van der Waals surface area contributed by atoms with E-state index < -0.39 is 0 Å². The Labute approximate surface area is 95.7 Å². The normalized spacial score (nSPS) is 19.5. The molecule has 2 atom stereocenters. The molecule has 0 radical (unpaired) electrons. The summed E-state index contributed by atoms with van der Waals surface area (Å²) in [6, 6.07) is 10.5. The first-order valence-electron chi connectivity index (χ1n) is 5.67. The van der Waals surface area contributed by atoms with E-state index in [4.69, 9.17) is 4.31 Å². The zero-order valence-corrected chi connectivity index (χ0v) is 10.9. The SMILES string of the molecule is c1ccc(POPC2CCCCC2)cc1. The van der Waals surface area contributed by atoms with Gasteiger partial charge in [-0.25, -0.2) is 0 Å². The standard InChI is InChI=1S/C12H18OP2/c1-3-7-11(8-4-1)14-13-15-12-9-5-2-6-10-12/h1,3-4,7-8,12,14-15H,2,5-6,9-10H2. The Hall–Kier alpha value is 0.0400. The topological polar surface area (TPSA) is 9.23 Å². The van der Waals surface area contributed by atoms with Crippen molar-refractivity contribution in [3.63, 3.8) is 0 Å². The molecule has 2 unspecified atom stereocenters. The molecule has 1 nitrogen and oxygen atoms in total. The van der Waals surface area contributed by atoms with Crippen molar-refractivity contribution in [2.45, 2.75) is 37.8 Å². The van der Waals surface area contributed by atoms with Gasteiger partial charge in [0, 0.05) is 14.5 Å². The molecule has 0 heterocycles. The van der Waals surface area contributed by atoms with E-state index >= 15 is 0 Å². The van der Waals surface area contributed by atoms with Gasteiger partial charge in [-0.3, -0.25) is 0 Å². The average molecular weight is 240 g/mol. The van der Waals surface area contributed by atoms with Crippen molar-refractivity contribution in [1.82, 2.24) is 0 Å². The molecular weight excluding hydrogens is 222 g/mol. The highest BCUT2D eigenvalue weighted by atomic mass is 31.2. The molecule has 1 saturated carbocycles. The van der Waals surface area contributed by atoms with Gasteiger partial charge in [-0.15, -0.1) is 0 Å². The monoisotopic (exact) mass is 240 g/mol. The average Bonchev–Trinajstić information content (AvgIpc) is 2.32. The van der Waals surface area contributed by atoms with Crippen LogP contribution < -0.4 is 5.30 Å². The number of hydrogen-bond donors (Lipinski definition) is 0. The van der Waals surface area contributed by atoms with Crippen LogP contribution in [0.1, 0.15) is 32.1 Å². The van der Waals surface area contributed by atoms with Crippen LogP contribution in [0.5, 0.6) is 0 Å². The summed E-state index contributed by atoms with van der Waals surface area (Å²) in [7, 11) is 1.26. The molecule has 1 fully saturated rings. The lowest BCUT2D eigenvalue weighted by atomic mass is 10.0. The molecule has 0 aliphatic heterocycles. The van der Waals surface area contributed by atoms with Gasteiger partial charge in [0.2, 0.25) is 0 Å². The van der Waals surface area contributed by atoms with E-state index in [0.29, 0.717) is 8.81 Å². The van der Waals surface area contributed by atoms with Crippen molar-refractivity contribution < 1.29 is 4.31 Å². The molecule has 1 aliphatic carbocycles. The molecule has 2 rings (SSSR count). The van der Waals surface area contributed by atoms with E-state index in [9.17, 15) is 0 Å². The molecule has 1 aliphatic rings. The van der Waals surface area contributed by atoms with Gasteiger partial charge in [-0.1, -0.05) is 49.6 Å². The van der Waals surface area contributed by atoms with Crippen molar-refractivity contribution >= 4 is 22.9 Å². The van der Waals surface area contributed by atoms with Crippen molar-refractivity contribution in [3.8, 4) is 0 Å². The molecule has 15 heavy (non-hydrogen) atoms. The molecule has 1 aromatic rings. The minimum Gasteiger partial charge on any atom is -0.339 e. The van der Waals surface area contributed by atoms with E-state index in [0.717, 1.165) is 14.5 Å².